The van der Waals surface area contributed by atoms with Crippen LogP contribution < -0.4 is 10.5 Å². The lowest BCUT2D eigenvalue weighted by Crippen LogP contribution is -2.12. The second kappa shape index (κ2) is 6.83. The maximum absolute atomic E-state index is 12.4. The third-order valence-corrected chi connectivity index (χ3v) is 2.10. The van der Waals surface area contributed by atoms with Crippen molar-refractivity contribution in [3.05, 3.63) is 41.6 Å². The Morgan fingerprint density at radius 3 is 2.65 bits per heavy atom. The van der Waals surface area contributed by atoms with E-state index in [2.05, 4.69) is 0 Å². The molecule has 7 heteroatoms. The summed E-state index contributed by atoms with van der Waals surface area (Å²) < 4.78 is 47.1. The van der Waals surface area contributed by atoms with E-state index >= 15 is 0 Å². The number of benzene rings is 1. The number of allylic oxidation sites excluding steroid dienone is 1. The van der Waals surface area contributed by atoms with Gasteiger partial charge in [-0.3, -0.25) is 0 Å². The van der Waals surface area contributed by atoms with Gasteiger partial charge in [0.15, 0.2) is 0 Å². The molecule has 1 aromatic rings. The fourth-order valence-corrected chi connectivity index (χ4v) is 1.29. The van der Waals surface area contributed by atoms with Crippen LogP contribution in [0.25, 0.3) is 0 Å². The minimum Gasteiger partial charge on any atom is -0.490 e. The summed E-state index contributed by atoms with van der Waals surface area (Å²) in [6.45, 7) is 1.39. The molecule has 0 saturated carbocycles. The van der Waals surface area contributed by atoms with E-state index in [0.717, 1.165) is 18.2 Å². The summed E-state index contributed by atoms with van der Waals surface area (Å²) >= 11 is 0. The van der Waals surface area contributed by atoms with E-state index in [1.54, 1.807) is 0 Å². The van der Waals surface area contributed by atoms with Crippen LogP contribution in [0.3, 0.4) is 0 Å². The Labute approximate surface area is 114 Å². The van der Waals surface area contributed by atoms with E-state index in [-0.39, 0.29) is 19.0 Å². The largest absolute Gasteiger partial charge is 0.490 e. The SMILES string of the molecule is CC(N)=CC(=O)OCCOc1cccc(C(F)(F)F)c1. The zero-order valence-electron chi connectivity index (χ0n) is 10.7. The van der Waals surface area contributed by atoms with Crippen LogP contribution in [0.5, 0.6) is 5.75 Å². The van der Waals surface area contributed by atoms with Gasteiger partial charge in [-0.05, 0) is 25.1 Å². The number of carbonyl (C=O) groups excluding carboxylic acids is 1. The molecule has 2 N–H and O–H groups in total. The molecular formula is C13H14F3NO3. The summed E-state index contributed by atoms with van der Waals surface area (Å²) in [5.74, 6) is -0.570. The predicted molar refractivity (Wildman–Crippen MR) is 65.8 cm³/mol. The molecule has 0 bridgehead atoms. The Morgan fingerprint density at radius 1 is 1.35 bits per heavy atom. The molecule has 4 nitrogen and oxygen atoms in total. The third-order valence-electron chi connectivity index (χ3n) is 2.10. The lowest BCUT2D eigenvalue weighted by molar-refractivity contribution is -0.138. The van der Waals surface area contributed by atoms with Gasteiger partial charge in [0.1, 0.15) is 19.0 Å². The van der Waals surface area contributed by atoms with Crippen molar-refractivity contribution in [1.29, 1.82) is 0 Å². The molecule has 110 valence electrons. The summed E-state index contributed by atoms with van der Waals surface area (Å²) in [6.07, 6.45) is -3.32. The fourth-order valence-electron chi connectivity index (χ4n) is 1.29. The zero-order chi connectivity index (χ0) is 15.2. The Morgan fingerprint density at radius 2 is 2.05 bits per heavy atom. The number of carbonyl (C=O) groups is 1. The molecule has 0 spiro atoms. The van der Waals surface area contributed by atoms with E-state index < -0.39 is 17.7 Å². The van der Waals surface area contributed by atoms with Crippen molar-refractivity contribution in [2.75, 3.05) is 13.2 Å². The number of esters is 1. The van der Waals surface area contributed by atoms with Gasteiger partial charge in [0.05, 0.1) is 5.56 Å². The van der Waals surface area contributed by atoms with Gasteiger partial charge < -0.3 is 15.2 Å². The van der Waals surface area contributed by atoms with Crippen LogP contribution in [0, 0.1) is 0 Å². The highest BCUT2D eigenvalue weighted by Crippen LogP contribution is 2.31. The molecule has 0 aromatic heterocycles. The van der Waals surface area contributed by atoms with Crippen molar-refractivity contribution >= 4 is 5.97 Å². The lowest BCUT2D eigenvalue weighted by Gasteiger charge is -2.10. The molecule has 0 aliphatic carbocycles. The van der Waals surface area contributed by atoms with Crippen LogP contribution in [-0.4, -0.2) is 19.2 Å². The van der Waals surface area contributed by atoms with Gasteiger partial charge in [0.25, 0.3) is 0 Å². The second-order valence-corrected chi connectivity index (χ2v) is 3.93. The molecular weight excluding hydrogens is 275 g/mol. The highest BCUT2D eigenvalue weighted by atomic mass is 19.4. The average Bonchev–Trinajstić information content (AvgIpc) is 2.33. The van der Waals surface area contributed by atoms with Gasteiger partial charge in [0.2, 0.25) is 0 Å². The van der Waals surface area contributed by atoms with Crippen LogP contribution in [0.4, 0.5) is 13.2 Å². The molecule has 1 rings (SSSR count). The molecule has 0 fully saturated rings. The Kier molecular flexibility index (Phi) is 5.42. The zero-order valence-corrected chi connectivity index (χ0v) is 10.7. The van der Waals surface area contributed by atoms with Gasteiger partial charge in [-0.15, -0.1) is 0 Å². The molecule has 1 aromatic carbocycles. The number of ether oxygens (including phenoxy) is 2. The van der Waals surface area contributed by atoms with Crippen molar-refractivity contribution in [2.45, 2.75) is 13.1 Å². The normalized spacial score (nSPS) is 12.1. The minimum absolute atomic E-state index is 0.0511. The van der Waals surface area contributed by atoms with Crippen molar-refractivity contribution in [3.8, 4) is 5.75 Å². The number of halogens is 3. The molecule has 0 amide bonds. The first-order valence-corrected chi connectivity index (χ1v) is 5.69. The molecule has 0 aliphatic heterocycles. The average molecular weight is 289 g/mol. The first-order chi connectivity index (χ1) is 9.29. The topological polar surface area (TPSA) is 61.6 Å². The van der Waals surface area contributed by atoms with Gasteiger partial charge in [-0.1, -0.05) is 6.07 Å². The van der Waals surface area contributed by atoms with Crippen molar-refractivity contribution in [3.63, 3.8) is 0 Å². The van der Waals surface area contributed by atoms with Crippen LogP contribution in [0.1, 0.15) is 12.5 Å². The molecule has 0 atom stereocenters. The summed E-state index contributed by atoms with van der Waals surface area (Å²) in [7, 11) is 0. The Hall–Kier alpha value is -2.18. The third kappa shape index (κ3) is 5.64. The number of hydrogen-bond acceptors (Lipinski definition) is 4. The standard InChI is InChI=1S/C13H14F3NO3/c1-9(17)7-12(18)20-6-5-19-11-4-2-3-10(8-11)13(14,15)16/h2-4,7-8H,5-6,17H2,1H3. The highest BCUT2D eigenvalue weighted by Gasteiger charge is 2.30. The van der Waals surface area contributed by atoms with Crippen LogP contribution >= 0.6 is 0 Å². The first kappa shape index (κ1) is 15.9. The Bertz CT molecular complexity index is 494. The summed E-state index contributed by atoms with van der Waals surface area (Å²) in [5, 5.41) is 0. The maximum atomic E-state index is 12.4. The molecule has 20 heavy (non-hydrogen) atoms. The maximum Gasteiger partial charge on any atom is 0.416 e. The summed E-state index contributed by atoms with van der Waals surface area (Å²) in [4.78, 5) is 11.1. The van der Waals surface area contributed by atoms with Gasteiger partial charge >= 0.3 is 12.1 Å². The van der Waals surface area contributed by atoms with Gasteiger partial charge in [0, 0.05) is 11.8 Å². The first-order valence-electron chi connectivity index (χ1n) is 5.69. The predicted octanol–water partition coefficient (Wildman–Crippen LogP) is 2.49. The summed E-state index contributed by atoms with van der Waals surface area (Å²) in [6, 6.07) is 4.46. The molecule has 0 aliphatic rings. The smallest absolute Gasteiger partial charge is 0.416 e. The second-order valence-electron chi connectivity index (χ2n) is 3.93. The lowest BCUT2D eigenvalue weighted by atomic mass is 10.2. The van der Waals surface area contributed by atoms with E-state index in [4.69, 9.17) is 15.2 Å². The number of nitrogens with two attached hydrogens (primary N) is 1. The summed E-state index contributed by atoms with van der Waals surface area (Å²) in [5.41, 5.74) is 4.77. The molecule has 0 radical (unpaired) electrons. The van der Waals surface area contributed by atoms with Crippen molar-refractivity contribution < 1.29 is 27.4 Å². The molecule has 0 saturated heterocycles. The number of rotatable bonds is 5. The molecule has 0 heterocycles. The van der Waals surface area contributed by atoms with E-state index in [1.807, 2.05) is 0 Å². The van der Waals surface area contributed by atoms with Crippen LogP contribution in [0.2, 0.25) is 0 Å². The highest BCUT2D eigenvalue weighted by molar-refractivity contribution is 5.82. The fraction of sp³-hybridized carbons (Fsp3) is 0.308. The Balaban J connectivity index is 2.43. The van der Waals surface area contributed by atoms with Crippen LogP contribution in [-0.2, 0) is 15.7 Å². The van der Waals surface area contributed by atoms with Gasteiger partial charge in [-0.2, -0.15) is 13.2 Å². The minimum atomic E-state index is -4.42. The van der Waals surface area contributed by atoms with Gasteiger partial charge in [-0.25, -0.2) is 4.79 Å². The number of hydrogen-bond donors (Lipinski definition) is 1. The van der Waals surface area contributed by atoms with Crippen molar-refractivity contribution in [2.24, 2.45) is 5.73 Å². The molecule has 0 unspecified atom stereocenters. The van der Waals surface area contributed by atoms with Crippen molar-refractivity contribution in [1.82, 2.24) is 0 Å². The monoisotopic (exact) mass is 289 g/mol. The van der Waals surface area contributed by atoms with E-state index in [9.17, 15) is 18.0 Å². The number of alkyl halides is 3. The quantitative estimate of drug-likeness (QED) is 0.514. The van der Waals surface area contributed by atoms with Crippen LogP contribution in [0.15, 0.2) is 36.0 Å². The van der Waals surface area contributed by atoms with E-state index in [0.29, 0.717) is 5.70 Å². The van der Waals surface area contributed by atoms with E-state index in [1.165, 1.54) is 19.1 Å².